The predicted octanol–water partition coefficient (Wildman–Crippen LogP) is 3.90. The van der Waals surface area contributed by atoms with Crippen molar-refractivity contribution in [3.8, 4) is 5.69 Å². The van der Waals surface area contributed by atoms with Gasteiger partial charge in [0.15, 0.2) is 0 Å². The van der Waals surface area contributed by atoms with Crippen LogP contribution in [0.25, 0.3) is 5.69 Å². The van der Waals surface area contributed by atoms with E-state index in [-0.39, 0.29) is 5.91 Å². The molecule has 5 heteroatoms. The van der Waals surface area contributed by atoms with Crippen LogP contribution in [0.3, 0.4) is 0 Å². The number of nitrogens with one attached hydrogen (secondary N) is 1. The topological polar surface area (TPSA) is 51.9 Å². The molecule has 27 heavy (non-hydrogen) atoms. The van der Waals surface area contributed by atoms with E-state index in [4.69, 9.17) is 0 Å². The molecule has 0 aliphatic carbocycles. The minimum Gasteiger partial charge on any atom is -0.324 e. The van der Waals surface area contributed by atoms with E-state index in [0.29, 0.717) is 18.7 Å². The molecule has 0 unspecified atom stereocenters. The molecule has 0 saturated carbocycles. The van der Waals surface area contributed by atoms with Crippen molar-refractivity contribution in [1.29, 1.82) is 0 Å². The zero-order valence-electron chi connectivity index (χ0n) is 14.8. The van der Waals surface area contributed by atoms with E-state index in [1.807, 2.05) is 82.4 Å². The fourth-order valence-electron chi connectivity index (χ4n) is 2.97. The molecule has 0 fully saturated rings. The van der Waals surface area contributed by atoms with Gasteiger partial charge < -0.3 is 9.88 Å². The number of nitrogens with zero attached hydrogens (tertiary/aromatic N) is 3. The number of amides is 1. The second-order valence-corrected chi connectivity index (χ2v) is 6.39. The first-order valence-electron chi connectivity index (χ1n) is 8.85. The Morgan fingerprint density at radius 1 is 0.889 bits per heavy atom. The molecular weight excluding hydrogens is 336 g/mol. The van der Waals surface area contributed by atoms with Crippen molar-refractivity contribution in [2.45, 2.75) is 13.0 Å². The summed E-state index contributed by atoms with van der Waals surface area (Å²) >= 11 is 0. The minimum atomic E-state index is -0.0528. The highest BCUT2D eigenvalue weighted by atomic mass is 16.1. The molecule has 1 amide bonds. The smallest absolute Gasteiger partial charge is 0.228 e. The monoisotopic (exact) mass is 356 g/mol. The van der Waals surface area contributed by atoms with Crippen LogP contribution in [-0.2, 0) is 17.8 Å². The van der Waals surface area contributed by atoms with Gasteiger partial charge in [0.25, 0.3) is 0 Å². The van der Waals surface area contributed by atoms with Crippen LogP contribution in [0, 0.1) is 0 Å². The number of carbonyl (C=O) groups is 1. The van der Waals surface area contributed by atoms with Crippen LogP contribution in [0.1, 0.15) is 11.1 Å². The third-order valence-electron chi connectivity index (χ3n) is 4.31. The summed E-state index contributed by atoms with van der Waals surface area (Å²) in [5, 5.41) is 7.22. The Morgan fingerprint density at radius 3 is 2.37 bits per heavy atom. The molecule has 0 radical (unpaired) electrons. The maximum Gasteiger partial charge on any atom is 0.228 e. The second kappa shape index (κ2) is 7.74. The fourth-order valence-corrected chi connectivity index (χ4v) is 2.97. The SMILES string of the molecule is O=C(Cc1ccc(-n2cccc2)cc1)Nc1cnn(Cc2ccccc2)c1. The first-order chi connectivity index (χ1) is 13.3. The Bertz CT molecular complexity index is 1000. The molecular formula is C22H20N4O. The van der Waals surface area contributed by atoms with E-state index in [0.717, 1.165) is 11.3 Å². The maximum atomic E-state index is 12.3. The number of aromatic nitrogens is 3. The van der Waals surface area contributed by atoms with Gasteiger partial charge >= 0.3 is 0 Å². The van der Waals surface area contributed by atoms with Gasteiger partial charge in [-0.15, -0.1) is 0 Å². The molecule has 1 N–H and O–H groups in total. The molecule has 0 bridgehead atoms. The van der Waals surface area contributed by atoms with Crippen molar-refractivity contribution in [3.05, 3.63) is 103 Å². The lowest BCUT2D eigenvalue weighted by Crippen LogP contribution is -2.14. The maximum absolute atomic E-state index is 12.3. The van der Waals surface area contributed by atoms with Gasteiger partial charge in [0.2, 0.25) is 5.91 Å². The minimum absolute atomic E-state index is 0.0528. The lowest BCUT2D eigenvalue weighted by atomic mass is 10.1. The summed E-state index contributed by atoms with van der Waals surface area (Å²) in [4.78, 5) is 12.3. The summed E-state index contributed by atoms with van der Waals surface area (Å²) in [6.45, 7) is 0.678. The van der Waals surface area contributed by atoms with Gasteiger partial charge in [-0.05, 0) is 35.4 Å². The normalized spacial score (nSPS) is 10.7. The van der Waals surface area contributed by atoms with Crippen molar-refractivity contribution in [2.75, 3.05) is 5.32 Å². The van der Waals surface area contributed by atoms with Crippen LogP contribution in [-0.4, -0.2) is 20.3 Å². The average Bonchev–Trinajstić information content (AvgIpc) is 3.36. The number of hydrogen-bond acceptors (Lipinski definition) is 2. The van der Waals surface area contributed by atoms with Gasteiger partial charge in [-0.1, -0.05) is 42.5 Å². The Balaban J connectivity index is 1.34. The molecule has 2 aromatic carbocycles. The summed E-state index contributed by atoms with van der Waals surface area (Å²) in [7, 11) is 0. The van der Waals surface area contributed by atoms with Crippen molar-refractivity contribution >= 4 is 11.6 Å². The Labute approximate surface area is 157 Å². The van der Waals surface area contributed by atoms with Crippen LogP contribution in [0.15, 0.2) is 91.5 Å². The Kier molecular flexibility index (Phi) is 4.83. The summed E-state index contributed by atoms with van der Waals surface area (Å²) in [6.07, 6.45) is 7.84. The van der Waals surface area contributed by atoms with E-state index >= 15 is 0 Å². The van der Waals surface area contributed by atoms with Crippen molar-refractivity contribution in [3.63, 3.8) is 0 Å². The van der Waals surface area contributed by atoms with Crippen molar-refractivity contribution < 1.29 is 4.79 Å². The molecule has 2 aromatic heterocycles. The third-order valence-corrected chi connectivity index (χ3v) is 4.31. The van der Waals surface area contributed by atoms with Gasteiger partial charge in [0.05, 0.1) is 24.8 Å². The molecule has 0 spiro atoms. The molecule has 5 nitrogen and oxygen atoms in total. The van der Waals surface area contributed by atoms with Gasteiger partial charge in [-0.25, -0.2) is 0 Å². The molecule has 4 aromatic rings. The number of hydrogen-bond donors (Lipinski definition) is 1. The second-order valence-electron chi connectivity index (χ2n) is 6.39. The molecule has 134 valence electrons. The summed E-state index contributed by atoms with van der Waals surface area (Å²) in [5.41, 5.74) is 3.92. The van der Waals surface area contributed by atoms with E-state index < -0.39 is 0 Å². The van der Waals surface area contributed by atoms with E-state index in [1.165, 1.54) is 5.56 Å². The molecule has 0 atom stereocenters. The van der Waals surface area contributed by atoms with E-state index in [2.05, 4.69) is 22.5 Å². The van der Waals surface area contributed by atoms with Crippen molar-refractivity contribution in [1.82, 2.24) is 14.3 Å². The zero-order chi connectivity index (χ0) is 18.5. The zero-order valence-corrected chi connectivity index (χ0v) is 14.8. The predicted molar refractivity (Wildman–Crippen MR) is 106 cm³/mol. The van der Waals surface area contributed by atoms with Crippen LogP contribution >= 0.6 is 0 Å². The van der Waals surface area contributed by atoms with Crippen LogP contribution in [0.2, 0.25) is 0 Å². The lowest BCUT2D eigenvalue weighted by Gasteiger charge is -2.06. The van der Waals surface area contributed by atoms with Crippen LogP contribution in [0.5, 0.6) is 0 Å². The van der Waals surface area contributed by atoms with Gasteiger partial charge in [-0.3, -0.25) is 9.48 Å². The van der Waals surface area contributed by atoms with Gasteiger partial charge in [-0.2, -0.15) is 5.10 Å². The van der Waals surface area contributed by atoms with Crippen LogP contribution in [0.4, 0.5) is 5.69 Å². The first kappa shape index (κ1) is 16.8. The standard InChI is InChI=1S/C22H20N4O/c27-22(14-18-8-10-21(11-9-18)25-12-4-5-13-25)24-20-15-23-26(17-20)16-19-6-2-1-3-7-19/h1-13,15,17H,14,16H2,(H,24,27). The van der Waals surface area contributed by atoms with E-state index in [1.54, 1.807) is 6.20 Å². The average molecular weight is 356 g/mol. The first-order valence-corrected chi connectivity index (χ1v) is 8.85. The number of anilines is 1. The third kappa shape index (κ3) is 4.33. The van der Waals surface area contributed by atoms with E-state index in [9.17, 15) is 4.79 Å². The Hall–Kier alpha value is -3.60. The quantitative estimate of drug-likeness (QED) is 0.570. The summed E-state index contributed by atoms with van der Waals surface area (Å²) in [6, 6.07) is 22.1. The fraction of sp³-hybridized carbons (Fsp3) is 0.0909. The number of carbonyl (C=O) groups excluding carboxylic acids is 1. The Morgan fingerprint density at radius 2 is 1.63 bits per heavy atom. The lowest BCUT2D eigenvalue weighted by molar-refractivity contribution is -0.115. The molecule has 4 rings (SSSR count). The number of benzene rings is 2. The van der Waals surface area contributed by atoms with Gasteiger partial charge in [0, 0.05) is 24.3 Å². The van der Waals surface area contributed by atoms with Crippen LogP contribution < -0.4 is 5.32 Å². The highest BCUT2D eigenvalue weighted by molar-refractivity contribution is 5.92. The summed E-state index contributed by atoms with van der Waals surface area (Å²) < 4.78 is 3.85. The van der Waals surface area contributed by atoms with Crippen molar-refractivity contribution in [2.24, 2.45) is 0 Å². The molecule has 0 aliphatic rings. The summed E-state index contributed by atoms with van der Waals surface area (Å²) in [5.74, 6) is -0.0528. The highest BCUT2D eigenvalue weighted by Gasteiger charge is 2.07. The largest absolute Gasteiger partial charge is 0.324 e. The molecule has 0 aliphatic heterocycles. The van der Waals surface area contributed by atoms with Gasteiger partial charge in [0.1, 0.15) is 0 Å². The molecule has 0 saturated heterocycles. The molecule has 2 heterocycles. The number of rotatable bonds is 6. The highest BCUT2D eigenvalue weighted by Crippen LogP contribution is 2.12.